The third-order valence-corrected chi connectivity index (χ3v) is 3.44. The monoisotopic (exact) mass is 269 g/mol. The van der Waals surface area contributed by atoms with Crippen molar-refractivity contribution in [2.75, 3.05) is 0 Å². The number of fused-ring (bicyclic) bond motifs is 1. The van der Waals surface area contributed by atoms with Gasteiger partial charge in [0.05, 0.1) is 0 Å². The van der Waals surface area contributed by atoms with Crippen molar-refractivity contribution in [1.82, 2.24) is 4.98 Å². The van der Waals surface area contributed by atoms with Gasteiger partial charge in [0.25, 0.3) is 0 Å². The van der Waals surface area contributed by atoms with Gasteiger partial charge in [0.2, 0.25) is 0 Å². The molecule has 0 saturated carbocycles. The molecule has 3 aromatic rings. The predicted molar refractivity (Wildman–Crippen MR) is 77.9 cm³/mol. The molecule has 1 heterocycles. The highest BCUT2D eigenvalue weighted by Crippen LogP contribution is 2.24. The van der Waals surface area contributed by atoms with E-state index in [0.29, 0.717) is 16.1 Å². The van der Waals surface area contributed by atoms with Crippen LogP contribution in [0, 0.1) is 6.92 Å². The Morgan fingerprint density at radius 2 is 1.84 bits per heavy atom. The maximum atomic E-state index is 12.5. The summed E-state index contributed by atoms with van der Waals surface area (Å²) in [6.07, 6.45) is 1.74. The van der Waals surface area contributed by atoms with Gasteiger partial charge < -0.3 is 4.98 Å². The van der Waals surface area contributed by atoms with Crippen molar-refractivity contribution >= 4 is 28.3 Å². The summed E-state index contributed by atoms with van der Waals surface area (Å²) >= 11 is 5.94. The van der Waals surface area contributed by atoms with Crippen LogP contribution in [0.25, 0.3) is 10.9 Å². The van der Waals surface area contributed by atoms with Gasteiger partial charge in [-0.05, 0) is 19.1 Å². The Morgan fingerprint density at radius 1 is 1.11 bits per heavy atom. The van der Waals surface area contributed by atoms with E-state index in [9.17, 15) is 4.79 Å². The fourth-order valence-electron chi connectivity index (χ4n) is 2.15. The molecule has 0 radical (unpaired) electrons. The van der Waals surface area contributed by atoms with Crippen LogP contribution in [0.3, 0.4) is 0 Å². The van der Waals surface area contributed by atoms with Gasteiger partial charge in [-0.3, -0.25) is 4.79 Å². The average Bonchev–Trinajstić information content (AvgIpc) is 2.81. The second-order valence-corrected chi connectivity index (χ2v) is 5.02. The third-order valence-electron chi connectivity index (χ3n) is 3.20. The van der Waals surface area contributed by atoms with Gasteiger partial charge in [0, 0.05) is 33.2 Å². The zero-order valence-corrected chi connectivity index (χ0v) is 11.2. The summed E-state index contributed by atoms with van der Waals surface area (Å²) in [6, 6.07) is 13.1. The number of nitrogens with one attached hydrogen (secondary N) is 1. The van der Waals surface area contributed by atoms with Crippen LogP contribution in [0.5, 0.6) is 0 Å². The van der Waals surface area contributed by atoms with Gasteiger partial charge in [-0.25, -0.2) is 0 Å². The van der Waals surface area contributed by atoms with E-state index in [-0.39, 0.29) is 5.78 Å². The first-order valence-corrected chi connectivity index (χ1v) is 6.41. The lowest BCUT2D eigenvalue weighted by molar-refractivity contribution is 0.104. The summed E-state index contributed by atoms with van der Waals surface area (Å²) in [5.41, 5.74) is 3.39. The molecule has 19 heavy (non-hydrogen) atoms. The number of aryl methyl sites for hydroxylation is 1. The summed E-state index contributed by atoms with van der Waals surface area (Å²) in [4.78, 5) is 15.6. The molecule has 0 aliphatic heterocycles. The fourth-order valence-corrected chi connectivity index (χ4v) is 2.32. The second kappa shape index (κ2) is 4.56. The van der Waals surface area contributed by atoms with Crippen LogP contribution in [0.1, 0.15) is 21.5 Å². The summed E-state index contributed by atoms with van der Waals surface area (Å²) < 4.78 is 0. The number of aromatic amines is 1. The van der Waals surface area contributed by atoms with Crippen LogP contribution in [-0.4, -0.2) is 10.8 Å². The van der Waals surface area contributed by atoms with Crippen molar-refractivity contribution in [3.63, 3.8) is 0 Å². The normalized spacial score (nSPS) is 10.8. The van der Waals surface area contributed by atoms with Gasteiger partial charge in [-0.2, -0.15) is 0 Å². The van der Waals surface area contributed by atoms with E-state index >= 15 is 0 Å². The van der Waals surface area contributed by atoms with Crippen LogP contribution < -0.4 is 0 Å². The highest BCUT2D eigenvalue weighted by Gasteiger charge is 2.13. The molecule has 94 valence electrons. The van der Waals surface area contributed by atoms with Gasteiger partial charge in [-0.1, -0.05) is 47.5 Å². The van der Waals surface area contributed by atoms with Crippen molar-refractivity contribution in [2.24, 2.45) is 0 Å². The lowest BCUT2D eigenvalue weighted by Crippen LogP contribution is -1.99. The Kier molecular flexibility index (Phi) is 2.88. The highest BCUT2D eigenvalue weighted by atomic mass is 35.5. The number of carbonyl (C=O) groups is 1. The van der Waals surface area contributed by atoms with E-state index in [2.05, 4.69) is 4.98 Å². The number of hydrogen-bond donors (Lipinski definition) is 1. The van der Waals surface area contributed by atoms with Crippen molar-refractivity contribution in [3.05, 3.63) is 70.4 Å². The molecule has 0 atom stereocenters. The number of aromatic nitrogens is 1. The number of hydrogen-bond acceptors (Lipinski definition) is 1. The molecule has 0 saturated heterocycles. The molecule has 0 spiro atoms. The van der Waals surface area contributed by atoms with E-state index < -0.39 is 0 Å². The Balaban J connectivity index is 2.09. The maximum Gasteiger partial charge on any atom is 0.195 e. The van der Waals surface area contributed by atoms with E-state index in [1.54, 1.807) is 12.3 Å². The molecule has 0 aliphatic rings. The van der Waals surface area contributed by atoms with Crippen molar-refractivity contribution in [1.29, 1.82) is 0 Å². The molecule has 1 aromatic heterocycles. The number of halogens is 1. The Bertz CT molecular complexity index is 756. The van der Waals surface area contributed by atoms with Crippen LogP contribution >= 0.6 is 11.6 Å². The quantitative estimate of drug-likeness (QED) is 0.689. The Labute approximate surface area is 116 Å². The maximum absolute atomic E-state index is 12.5. The zero-order chi connectivity index (χ0) is 13.4. The van der Waals surface area contributed by atoms with E-state index in [1.165, 1.54) is 0 Å². The molecule has 0 unspecified atom stereocenters. The molecule has 2 nitrogen and oxygen atoms in total. The molecule has 0 fully saturated rings. The lowest BCUT2D eigenvalue weighted by Gasteiger charge is -2.00. The minimum absolute atomic E-state index is 0.0218. The lowest BCUT2D eigenvalue weighted by atomic mass is 10.0. The van der Waals surface area contributed by atoms with Gasteiger partial charge in [0.1, 0.15) is 0 Å². The number of rotatable bonds is 2. The van der Waals surface area contributed by atoms with Crippen molar-refractivity contribution < 1.29 is 4.79 Å². The molecule has 1 N–H and O–H groups in total. The average molecular weight is 270 g/mol. The number of carbonyl (C=O) groups excluding carboxylic acids is 1. The zero-order valence-electron chi connectivity index (χ0n) is 10.4. The topological polar surface area (TPSA) is 32.9 Å². The molecular formula is C16H12ClNO. The third kappa shape index (κ3) is 2.15. The fraction of sp³-hybridized carbons (Fsp3) is 0.0625. The van der Waals surface area contributed by atoms with Crippen LogP contribution in [0.4, 0.5) is 0 Å². The predicted octanol–water partition coefficient (Wildman–Crippen LogP) is 4.36. The first-order valence-electron chi connectivity index (χ1n) is 6.03. The first kappa shape index (κ1) is 12.0. The molecular weight excluding hydrogens is 258 g/mol. The smallest absolute Gasteiger partial charge is 0.195 e. The Morgan fingerprint density at radius 3 is 2.58 bits per heavy atom. The van der Waals surface area contributed by atoms with Crippen LogP contribution in [-0.2, 0) is 0 Å². The van der Waals surface area contributed by atoms with Gasteiger partial charge >= 0.3 is 0 Å². The minimum Gasteiger partial charge on any atom is -0.360 e. The minimum atomic E-state index is 0.0218. The molecule has 0 bridgehead atoms. The van der Waals surface area contributed by atoms with Crippen molar-refractivity contribution in [3.8, 4) is 0 Å². The molecule has 3 heteroatoms. The SMILES string of the molecule is Cc1ccc(C(=O)c2c[nH]c3cc(Cl)ccc23)cc1. The number of H-pyrrole nitrogens is 1. The summed E-state index contributed by atoms with van der Waals surface area (Å²) in [5, 5.41) is 1.55. The highest BCUT2D eigenvalue weighted by molar-refractivity contribution is 6.31. The van der Waals surface area contributed by atoms with Crippen LogP contribution in [0.2, 0.25) is 5.02 Å². The van der Waals surface area contributed by atoms with E-state index in [1.807, 2.05) is 43.3 Å². The number of benzene rings is 2. The number of ketones is 1. The molecule has 3 rings (SSSR count). The Hall–Kier alpha value is -2.06. The standard InChI is InChI=1S/C16H12ClNO/c1-10-2-4-11(5-3-10)16(19)14-9-18-15-8-12(17)6-7-13(14)15/h2-9,18H,1H3. The summed E-state index contributed by atoms with van der Waals surface area (Å²) in [6.45, 7) is 2.00. The second-order valence-electron chi connectivity index (χ2n) is 4.59. The van der Waals surface area contributed by atoms with E-state index in [4.69, 9.17) is 11.6 Å². The molecule has 0 amide bonds. The van der Waals surface area contributed by atoms with Gasteiger partial charge in [-0.15, -0.1) is 0 Å². The first-order chi connectivity index (χ1) is 9.15. The molecule has 2 aromatic carbocycles. The van der Waals surface area contributed by atoms with Gasteiger partial charge in [0.15, 0.2) is 5.78 Å². The van der Waals surface area contributed by atoms with E-state index in [0.717, 1.165) is 16.5 Å². The summed E-state index contributed by atoms with van der Waals surface area (Å²) in [7, 11) is 0. The largest absolute Gasteiger partial charge is 0.360 e. The van der Waals surface area contributed by atoms with Crippen molar-refractivity contribution in [2.45, 2.75) is 6.92 Å². The summed E-state index contributed by atoms with van der Waals surface area (Å²) in [5.74, 6) is 0.0218. The molecule has 0 aliphatic carbocycles. The van der Waals surface area contributed by atoms with Crippen LogP contribution in [0.15, 0.2) is 48.7 Å².